The second-order valence-electron chi connectivity index (χ2n) is 4.04. The normalized spacial score (nSPS) is 11.0. The zero-order valence-electron chi connectivity index (χ0n) is 9.17. The third-order valence-corrected chi connectivity index (χ3v) is 2.25. The number of fused-ring (bicyclic) bond motifs is 1. The van der Waals surface area contributed by atoms with E-state index in [2.05, 4.69) is 10.3 Å². The Morgan fingerprint density at radius 2 is 2.12 bits per heavy atom. The highest BCUT2D eigenvalue weighted by atomic mass is 19.1. The van der Waals surface area contributed by atoms with Crippen molar-refractivity contribution < 1.29 is 9.18 Å². The molecular formula is C12H13FN2O. The number of nitrogens with one attached hydrogen (secondary N) is 2. The first-order valence-corrected chi connectivity index (χ1v) is 5.15. The Morgan fingerprint density at radius 3 is 2.81 bits per heavy atom. The fourth-order valence-electron chi connectivity index (χ4n) is 1.56. The summed E-state index contributed by atoms with van der Waals surface area (Å²) in [5.74, 6) is -0.489. The predicted molar refractivity (Wildman–Crippen MR) is 60.9 cm³/mol. The van der Waals surface area contributed by atoms with Gasteiger partial charge in [-0.1, -0.05) is 0 Å². The Kier molecular flexibility index (Phi) is 2.64. The summed E-state index contributed by atoms with van der Waals surface area (Å²) in [5, 5.41) is 3.60. The third-order valence-electron chi connectivity index (χ3n) is 2.25. The average Bonchev–Trinajstić information content (AvgIpc) is 2.59. The molecule has 2 aromatic rings. The molecule has 0 atom stereocenters. The van der Waals surface area contributed by atoms with Crippen molar-refractivity contribution in [3.05, 3.63) is 35.8 Å². The summed E-state index contributed by atoms with van der Waals surface area (Å²) in [6.07, 6.45) is 0. The molecule has 1 heterocycles. The van der Waals surface area contributed by atoms with E-state index in [1.807, 2.05) is 13.8 Å². The predicted octanol–water partition coefficient (Wildman–Crippen LogP) is 2.45. The van der Waals surface area contributed by atoms with Gasteiger partial charge < -0.3 is 10.3 Å². The van der Waals surface area contributed by atoms with Gasteiger partial charge in [-0.05, 0) is 38.1 Å². The Labute approximate surface area is 92.7 Å². The van der Waals surface area contributed by atoms with Crippen LogP contribution in [-0.4, -0.2) is 16.9 Å². The van der Waals surface area contributed by atoms with Gasteiger partial charge in [0.15, 0.2) is 0 Å². The van der Waals surface area contributed by atoms with Crippen LogP contribution in [0.5, 0.6) is 0 Å². The summed E-state index contributed by atoms with van der Waals surface area (Å²) in [6.45, 7) is 3.78. The molecule has 0 unspecified atom stereocenters. The first kappa shape index (κ1) is 10.7. The average molecular weight is 220 g/mol. The standard InChI is InChI=1S/C12H13FN2O/c1-7(2)14-12(16)11-5-8-3-4-9(13)6-10(8)15-11/h3-7,15H,1-2H3,(H,14,16). The van der Waals surface area contributed by atoms with E-state index in [-0.39, 0.29) is 17.8 Å². The van der Waals surface area contributed by atoms with Crippen LogP contribution in [0.25, 0.3) is 10.9 Å². The van der Waals surface area contributed by atoms with Crippen LogP contribution in [0, 0.1) is 5.82 Å². The Hall–Kier alpha value is -1.84. The molecule has 0 aliphatic carbocycles. The van der Waals surface area contributed by atoms with E-state index in [1.165, 1.54) is 12.1 Å². The van der Waals surface area contributed by atoms with E-state index in [0.29, 0.717) is 11.2 Å². The number of carbonyl (C=O) groups is 1. The molecule has 2 rings (SSSR count). The maximum absolute atomic E-state index is 12.9. The van der Waals surface area contributed by atoms with Crippen molar-refractivity contribution in [2.24, 2.45) is 0 Å². The molecule has 0 aliphatic heterocycles. The van der Waals surface area contributed by atoms with Gasteiger partial charge in [0.25, 0.3) is 5.91 Å². The van der Waals surface area contributed by atoms with Crippen molar-refractivity contribution in [3.63, 3.8) is 0 Å². The van der Waals surface area contributed by atoms with E-state index in [4.69, 9.17) is 0 Å². The van der Waals surface area contributed by atoms with Gasteiger partial charge >= 0.3 is 0 Å². The number of halogens is 1. The lowest BCUT2D eigenvalue weighted by atomic mass is 10.2. The number of amides is 1. The largest absolute Gasteiger partial charge is 0.350 e. The third kappa shape index (κ3) is 2.05. The monoisotopic (exact) mass is 220 g/mol. The fourth-order valence-corrected chi connectivity index (χ4v) is 1.56. The number of hydrogen-bond acceptors (Lipinski definition) is 1. The Balaban J connectivity index is 2.36. The minimum absolute atomic E-state index is 0.0793. The smallest absolute Gasteiger partial charge is 0.267 e. The lowest BCUT2D eigenvalue weighted by Crippen LogP contribution is -2.30. The van der Waals surface area contributed by atoms with E-state index in [9.17, 15) is 9.18 Å². The van der Waals surface area contributed by atoms with E-state index >= 15 is 0 Å². The highest BCUT2D eigenvalue weighted by Gasteiger charge is 2.10. The molecule has 16 heavy (non-hydrogen) atoms. The quantitative estimate of drug-likeness (QED) is 0.802. The molecule has 0 radical (unpaired) electrons. The number of aromatic nitrogens is 1. The summed E-state index contributed by atoms with van der Waals surface area (Å²) in [5.41, 5.74) is 1.09. The molecule has 1 aromatic carbocycles. The topological polar surface area (TPSA) is 44.9 Å². The van der Waals surface area contributed by atoms with Gasteiger partial charge in [-0.25, -0.2) is 4.39 Å². The lowest BCUT2D eigenvalue weighted by molar-refractivity contribution is 0.0939. The Morgan fingerprint density at radius 1 is 1.38 bits per heavy atom. The fraction of sp³-hybridized carbons (Fsp3) is 0.250. The van der Waals surface area contributed by atoms with Crippen molar-refractivity contribution in [3.8, 4) is 0 Å². The van der Waals surface area contributed by atoms with Crippen LogP contribution in [0.4, 0.5) is 4.39 Å². The Bertz CT molecular complexity index is 531. The molecule has 4 heteroatoms. The van der Waals surface area contributed by atoms with Gasteiger partial charge in [0, 0.05) is 16.9 Å². The minimum atomic E-state index is -0.315. The van der Waals surface area contributed by atoms with Gasteiger partial charge in [-0.3, -0.25) is 4.79 Å². The molecular weight excluding hydrogens is 207 g/mol. The SMILES string of the molecule is CC(C)NC(=O)c1cc2ccc(F)cc2[nH]1. The molecule has 2 N–H and O–H groups in total. The second-order valence-corrected chi connectivity index (χ2v) is 4.04. The zero-order valence-corrected chi connectivity index (χ0v) is 9.17. The van der Waals surface area contributed by atoms with Crippen LogP contribution < -0.4 is 5.32 Å². The molecule has 1 aromatic heterocycles. The molecule has 0 saturated carbocycles. The lowest BCUT2D eigenvalue weighted by Gasteiger charge is -2.05. The van der Waals surface area contributed by atoms with Gasteiger partial charge in [-0.2, -0.15) is 0 Å². The summed E-state index contributed by atoms with van der Waals surface area (Å²) >= 11 is 0. The molecule has 1 amide bonds. The van der Waals surface area contributed by atoms with Crippen molar-refractivity contribution in [2.75, 3.05) is 0 Å². The van der Waals surface area contributed by atoms with Gasteiger partial charge in [0.2, 0.25) is 0 Å². The van der Waals surface area contributed by atoms with Crippen molar-refractivity contribution in [1.29, 1.82) is 0 Å². The molecule has 0 aliphatic rings. The van der Waals surface area contributed by atoms with E-state index in [1.54, 1.807) is 12.1 Å². The highest BCUT2D eigenvalue weighted by Crippen LogP contribution is 2.16. The minimum Gasteiger partial charge on any atom is -0.350 e. The number of hydrogen-bond donors (Lipinski definition) is 2. The van der Waals surface area contributed by atoms with Crippen LogP contribution in [-0.2, 0) is 0 Å². The van der Waals surface area contributed by atoms with Crippen LogP contribution in [0.3, 0.4) is 0 Å². The van der Waals surface area contributed by atoms with Crippen LogP contribution in [0.1, 0.15) is 24.3 Å². The van der Waals surface area contributed by atoms with Crippen LogP contribution in [0.15, 0.2) is 24.3 Å². The van der Waals surface area contributed by atoms with Crippen LogP contribution >= 0.6 is 0 Å². The number of H-pyrrole nitrogens is 1. The highest BCUT2D eigenvalue weighted by molar-refractivity contribution is 5.98. The van der Waals surface area contributed by atoms with Crippen LogP contribution in [0.2, 0.25) is 0 Å². The van der Waals surface area contributed by atoms with Gasteiger partial charge in [-0.15, -0.1) is 0 Å². The molecule has 84 valence electrons. The van der Waals surface area contributed by atoms with Crippen molar-refractivity contribution in [2.45, 2.75) is 19.9 Å². The zero-order chi connectivity index (χ0) is 11.7. The maximum Gasteiger partial charge on any atom is 0.267 e. The van der Waals surface area contributed by atoms with Gasteiger partial charge in [0.05, 0.1) is 0 Å². The van der Waals surface area contributed by atoms with E-state index < -0.39 is 0 Å². The number of benzene rings is 1. The maximum atomic E-state index is 12.9. The number of carbonyl (C=O) groups excluding carboxylic acids is 1. The first-order chi connectivity index (χ1) is 7.56. The number of aromatic amines is 1. The second kappa shape index (κ2) is 3.96. The molecule has 0 fully saturated rings. The molecule has 0 bridgehead atoms. The number of rotatable bonds is 2. The van der Waals surface area contributed by atoms with Crippen molar-refractivity contribution in [1.82, 2.24) is 10.3 Å². The molecule has 3 nitrogen and oxygen atoms in total. The summed E-state index contributed by atoms with van der Waals surface area (Å²) in [7, 11) is 0. The summed E-state index contributed by atoms with van der Waals surface area (Å²) in [6, 6.07) is 6.19. The summed E-state index contributed by atoms with van der Waals surface area (Å²) in [4.78, 5) is 14.6. The molecule has 0 saturated heterocycles. The van der Waals surface area contributed by atoms with Gasteiger partial charge in [0.1, 0.15) is 11.5 Å². The van der Waals surface area contributed by atoms with Crippen molar-refractivity contribution >= 4 is 16.8 Å². The first-order valence-electron chi connectivity index (χ1n) is 5.15. The summed E-state index contributed by atoms with van der Waals surface area (Å²) < 4.78 is 12.9. The van der Waals surface area contributed by atoms with E-state index in [0.717, 1.165) is 5.39 Å². The molecule has 0 spiro atoms.